The molecule has 0 fully saturated rings. The molecule has 0 bridgehead atoms. The molecular weight excluding hydrogens is 216 g/mol. The van der Waals surface area contributed by atoms with Gasteiger partial charge in [0.2, 0.25) is 0 Å². The Morgan fingerprint density at radius 1 is 1.38 bits per heavy atom. The lowest BCUT2D eigenvalue weighted by molar-refractivity contribution is 0.782. The second-order valence-corrected chi connectivity index (χ2v) is 4.85. The standard InChI is InChI=1S/C13H12N2S/c14-13-15-12(8-16-13)11-6-5-9-3-1-2-4-10(9)7-11/h1-3,5-8,10H,4H2,(H2,14,15). The zero-order valence-electron chi connectivity index (χ0n) is 8.76. The number of fused-ring (bicyclic) bond motifs is 1. The van der Waals surface area contributed by atoms with Crippen LogP contribution < -0.4 is 5.73 Å². The number of nitrogens with two attached hydrogens (primary N) is 1. The van der Waals surface area contributed by atoms with Gasteiger partial charge in [0.15, 0.2) is 5.13 Å². The van der Waals surface area contributed by atoms with Crippen molar-refractivity contribution in [3.05, 3.63) is 53.1 Å². The third kappa shape index (κ3) is 1.63. The van der Waals surface area contributed by atoms with Crippen LogP contribution >= 0.6 is 11.3 Å². The Kier molecular flexibility index (Phi) is 2.26. The SMILES string of the molecule is Nc1nc(C2=CC3CC=CC=C3C=C2)cs1. The highest BCUT2D eigenvalue weighted by atomic mass is 32.1. The Morgan fingerprint density at radius 2 is 2.31 bits per heavy atom. The molecule has 1 heterocycles. The minimum Gasteiger partial charge on any atom is -0.375 e. The summed E-state index contributed by atoms with van der Waals surface area (Å²) in [7, 11) is 0. The van der Waals surface area contributed by atoms with Gasteiger partial charge in [-0.2, -0.15) is 0 Å². The van der Waals surface area contributed by atoms with Crippen molar-refractivity contribution >= 4 is 22.0 Å². The van der Waals surface area contributed by atoms with Gasteiger partial charge in [0.05, 0.1) is 5.69 Å². The number of anilines is 1. The molecule has 80 valence electrons. The maximum Gasteiger partial charge on any atom is 0.180 e. The second-order valence-electron chi connectivity index (χ2n) is 3.96. The quantitative estimate of drug-likeness (QED) is 0.801. The Morgan fingerprint density at radius 3 is 3.12 bits per heavy atom. The summed E-state index contributed by atoms with van der Waals surface area (Å²) in [6.45, 7) is 0. The summed E-state index contributed by atoms with van der Waals surface area (Å²) in [5.74, 6) is 0.507. The highest BCUT2D eigenvalue weighted by Crippen LogP contribution is 2.32. The van der Waals surface area contributed by atoms with Crippen LogP contribution in [0.5, 0.6) is 0 Å². The fourth-order valence-electron chi connectivity index (χ4n) is 2.06. The van der Waals surface area contributed by atoms with Crippen molar-refractivity contribution in [2.45, 2.75) is 6.42 Å². The number of allylic oxidation sites excluding steroid dienone is 8. The maximum absolute atomic E-state index is 5.65. The molecule has 0 saturated heterocycles. The Hall–Kier alpha value is -1.61. The van der Waals surface area contributed by atoms with Crippen LogP contribution in [0.25, 0.3) is 5.57 Å². The molecule has 0 spiro atoms. The van der Waals surface area contributed by atoms with Crippen LogP contribution in [0.1, 0.15) is 12.1 Å². The summed E-state index contributed by atoms with van der Waals surface area (Å²) in [6, 6.07) is 0. The Bertz CT molecular complexity index is 532. The molecule has 1 atom stereocenters. The molecular formula is C13H12N2S. The van der Waals surface area contributed by atoms with E-state index in [-0.39, 0.29) is 0 Å². The minimum atomic E-state index is 0.507. The Labute approximate surface area is 98.5 Å². The molecule has 2 nitrogen and oxygen atoms in total. The molecule has 1 aromatic heterocycles. The molecule has 0 saturated carbocycles. The number of thiazole rings is 1. The fraction of sp³-hybridized carbons (Fsp3) is 0.154. The van der Waals surface area contributed by atoms with Crippen LogP contribution in [0.15, 0.2) is 47.4 Å². The third-order valence-electron chi connectivity index (χ3n) is 2.90. The average molecular weight is 228 g/mol. The van der Waals surface area contributed by atoms with Crippen LogP contribution in [-0.4, -0.2) is 4.98 Å². The average Bonchev–Trinajstić information content (AvgIpc) is 2.75. The van der Waals surface area contributed by atoms with Gasteiger partial charge >= 0.3 is 0 Å². The smallest absolute Gasteiger partial charge is 0.180 e. The third-order valence-corrected chi connectivity index (χ3v) is 3.57. The van der Waals surface area contributed by atoms with Crippen LogP contribution in [0.3, 0.4) is 0 Å². The molecule has 2 aliphatic rings. The number of aromatic nitrogens is 1. The molecule has 0 aliphatic heterocycles. The first-order valence-corrected chi connectivity index (χ1v) is 6.19. The van der Waals surface area contributed by atoms with Crippen LogP contribution in [0.4, 0.5) is 5.13 Å². The minimum absolute atomic E-state index is 0.507. The molecule has 3 rings (SSSR count). The molecule has 16 heavy (non-hydrogen) atoms. The van der Waals surface area contributed by atoms with E-state index in [2.05, 4.69) is 41.4 Å². The van der Waals surface area contributed by atoms with Gasteiger partial charge in [0.25, 0.3) is 0 Å². The van der Waals surface area contributed by atoms with E-state index < -0.39 is 0 Å². The van der Waals surface area contributed by atoms with E-state index in [0.717, 1.165) is 12.1 Å². The van der Waals surface area contributed by atoms with E-state index in [9.17, 15) is 0 Å². The number of nitrogens with zero attached hydrogens (tertiary/aromatic N) is 1. The van der Waals surface area contributed by atoms with Crippen molar-refractivity contribution < 1.29 is 0 Å². The molecule has 1 aromatic rings. The van der Waals surface area contributed by atoms with Crippen molar-refractivity contribution in [1.82, 2.24) is 4.98 Å². The first-order valence-electron chi connectivity index (χ1n) is 5.31. The predicted octanol–water partition coefficient (Wildman–Crippen LogP) is 3.18. The molecule has 3 heteroatoms. The van der Waals surface area contributed by atoms with Crippen LogP contribution in [-0.2, 0) is 0 Å². The van der Waals surface area contributed by atoms with E-state index in [1.165, 1.54) is 22.5 Å². The number of nitrogen functional groups attached to an aromatic ring is 1. The first kappa shape index (κ1) is 9.60. The molecule has 2 aliphatic carbocycles. The number of hydrogen-bond donors (Lipinski definition) is 1. The normalized spacial score (nSPS) is 22.6. The number of hydrogen-bond acceptors (Lipinski definition) is 3. The molecule has 0 aromatic carbocycles. The van der Waals surface area contributed by atoms with Crippen molar-refractivity contribution in [2.75, 3.05) is 5.73 Å². The van der Waals surface area contributed by atoms with E-state index >= 15 is 0 Å². The van der Waals surface area contributed by atoms with Gasteiger partial charge in [-0.1, -0.05) is 36.5 Å². The summed E-state index contributed by atoms with van der Waals surface area (Å²) >= 11 is 1.49. The van der Waals surface area contributed by atoms with Gasteiger partial charge in [-0.15, -0.1) is 11.3 Å². The first-order chi connectivity index (χ1) is 7.83. The largest absolute Gasteiger partial charge is 0.375 e. The van der Waals surface area contributed by atoms with E-state index in [0.29, 0.717) is 11.0 Å². The van der Waals surface area contributed by atoms with E-state index in [1.807, 2.05) is 5.38 Å². The Balaban J connectivity index is 1.95. The highest BCUT2D eigenvalue weighted by molar-refractivity contribution is 7.13. The summed E-state index contributed by atoms with van der Waals surface area (Å²) in [5.41, 5.74) is 9.21. The van der Waals surface area contributed by atoms with E-state index in [4.69, 9.17) is 5.73 Å². The van der Waals surface area contributed by atoms with E-state index in [1.54, 1.807) is 0 Å². The summed E-state index contributed by atoms with van der Waals surface area (Å²) in [6.07, 6.45) is 14.2. The molecule has 1 unspecified atom stereocenters. The lowest BCUT2D eigenvalue weighted by atomic mass is 9.85. The lowest BCUT2D eigenvalue weighted by Gasteiger charge is -2.20. The highest BCUT2D eigenvalue weighted by Gasteiger charge is 2.16. The van der Waals surface area contributed by atoms with Gasteiger partial charge in [0.1, 0.15) is 0 Å². The topological polar surface area (TPSA) is 38.9 Å². The molecule has 0 radical (unpaired) electrons. The fourth-order valence-corrected chi connectivity index (χ4v) is 2.63. The van der Waals surface area contributed by atoms with Crippen molar-refractivity contribution in [3.63, 3.8) is 0 Å². The van der Waals surface area contributed by atoms with Crippen LogP contribution in [0.2, 0.25) is 0 Å². The lowest BCUT2D eigenvalue weighted by Crippen LogP contribution is -2.05. The summed E-state index contributed by atoms with van der Waals surface area (Å²) in [5, 5.41) is 2.65. The van der Waals surface area contributed by atoms with Crippen molar-refractivity contribution in [2.24, 2.45) is 5.92 Å². The zero-order chi connectivity index (χ0) is 11.0. The van der Waals surface area contributed by atoms with Gasteiger partial charge < -0.3 is 5.73 Å². The summed E-state index contributed by atoms with van der Waals surface area (Å²) < 4.78 is 0. The number of rotatable bonds is 1. The van der Waals surface area contributed by atoms with Crippen molar-refractivity contribution in [1.29, 1.82) is 0 Å². The van der Waals surface area contributed by atoms with Gasteiger partial charge in [-0.25, -0.2) is 4.98 Å². The monoisotopic (exact) mass is 228 g/mol. The maximum atomic E-state index is 5.65. The second kappa shape index (κ2) is 3.76. The summed E-state index contributed by atoms with van der Waals surface area (Å²) in [4.78, 5) is 4.31. The van der Waals surface area contributed by atoms with Gasteiger partial charge in [0, 0.05) is 11.3 Å². The molecule has 2 N–H and O–H groups in total. The molecule has 0 amide bonds. The van der Waals surface area contributed by atoms with Crippen LogP contribution in [0, 0.1) is 5.92 Å². The zero-order valence-corrected chi connectivity index (χ0v) is 9.58. The predicted molar refractivity (Wildman–Crippen MR) is 69.0 cm³/mol. The van der Waals surface area contributed by atoms with Crippen molar-refractivity contribution in [3.8, 4) is 0 Å². The van der Waals surface area contributed by atoms with Gasteiger partial charge in [-0.3, -0.25) is 0 Å². The van der Waals surface area contributed by atoms with Gasteiger partial charge in [-0.05, 0) is 17.6 Å².